The van der Waals surface area contributed by atoms with Crippen LogP contribution < -0.4 is 0 Å². The van der Waals surface area contributed by atoms with Crippen LogP contribution in [0.15, 0.2) is 59.8 Å². The molecule has 4 nitrogen and oxygen atoms in total. The van der Waals surface area contributed by atoms with Gasteiger partial charge in [0.1, 0.15) is 0 Å². The summed E-state index contributed by atoms with van der Waals surface area (Å²) in [6.07, 6.45) is 0.271. The standard InChI is InChI=1S/C17H15NO3/c1-17(16(19)20)11-15(18-21-17)14-9-7-13(8-10-14)12-5-3-2-4-6-12/h2-10H,11H2,1H3,(H,19,20). The molecule has 1 unspecified atom stereocenters. The molecule has 1 N–H and O–H groups in total. The highest BCUT2D eigenvalue weighted by Crippen LogP contribution is 2.28. The van der Waals surface area contributed by atoms with Crippen LogP contribution in [-0.2, 0) is 9.63 Å². The normalized spacial score (nSPS) is 20.7. The molecule has 21 heavy (non-hydrogen) atoms. The van der Waals surface area contributed by atoms with Crippen molar-refractivity contribution < 1.29 is 14.7 Å². The smallest absolute Gasteiger partial charge is 0.351 e. The summed E-state index contributed by atoms with van der Waals surface area (Å²) in [6, 6.07) is 18.0. The van der Waals surface area contributed by atoms with E-state index in [1.54, 1.807) is 0 Å². The molecular weight excluding hydrogens is 266 g/mol. The van der Waals surface area contributed by atoms with E-state index in [-0.39, 0.29) is 6.42 Å². The maximum atomic E-state index is 11.1. The highest BCUT2D eigenvalue weighted by molar-refractivity contribution is 6.04. The van der Waals surface area contributed by atoms with E-state index >= 15 is 0 Å². The van der Waals surface area contributed by atoms with Gasteiger partial charge >= 0.3 is 5.97 Å². The van der Waals surface area contributed by atoms with E-state index in [0.717, 1.165) is 16.7 Å². The zero-order valence-electron chi connectivity index (χ0n) is 11.6. The van der Waals surface area contributed by atoms with Gasteiger partial charge in [0.15, 0.2) is 0 Å². The second kappa shape index (κ2) is 5.05. The Morgan fingerprint density at radius 3 is 2.19 bits per heavy atom. The van der Waals surface area contributed by atoms with Crippen molar-refractivity contribution in [3.63, 3.8) is 0 Å². The van der Waals surface area contributed by atoms with E-state index in [1.807, 2.05) is 54.6 Å². The van der Waals surface area contributed by atoms with Crippen molar-refractivity contribution in [3.8, 4) is 11.1 Å². The largest absolute Gasteiger partial charge is 0.478 e. The second-order valence-electron chi connectivity index (χ2n) is 5.29. The molecule has 0 amide bonds. The molecule has 2 aromatic rings. The summed E-state index contributed by atoms with van der Waals surface area (Å²) in [5, 5.41) is 13.1. The van der Waals surface area contributed by atoms with Crippen LogP contribution in [0.25, 0.3) is 11.1 Å². The molecule has 0 saturated heterocycles. The van der Waals surface area contributed by atoms with Crippen LogP contribution in [0.4, 0.5) is 0 Å². The lowest BCUT2D eigenvalue weighted by Crippen LogP contribution is -2.35. The van der Waals surface area contributed by atoms with Gasteiger partial charge in [-0.3, -0.25) is 0 Å². The van der Waals surface area contributed by atoms with E-state index in [4.69, 9.17) is 9.94 Å². The zero-order chi connectivity index (χ0) is 14.9. The monoisotopic (exact) mass is 281 g/mol. The Hall–Kier alpha value is -2.62. The quantitative estimate of drug-likeness (QED) is 0.938. The van der Waals surface area contributed by atoms with Gasteiger partial charge < -0.3 is 9.94 Å². The first-order chi connectivity index (χ1) is 10.1. The molecule has 106 valence electrons. The second-order valence-corrected chi connectivity index (χ2v) is 5.29. The highest BCUT2D eigenvalue weighted by Gasteiger charge is 2.42. The summed E-state index contributed by atoms with van der Waals surface area (Å²) < 4.78 is 0. The van der Waals surface area contributed by atoms with Crippen molar-refractivity contribution in [2.24, 2.45) is 5.16 Å². The molecule has 1 atom stereocenters. The zero-order valence-corrected chi connectivity index (χ0v) is 11.6. The van der Waals surface area contributed by atoms with Crippen LogP contribution in [0.2, 0.25) is 0 Å². The van der Waals surface area contributed by atoms with Crippen molar-refractivity contribution >= 4 is 11.7 Å². The maximum Gasteiger partial charge on any atom is 0.351 e. The van der Waals surface area contributed by atoms with Crippen molar-refractivity contribution in [2.75, 3.05) is 0 Å². The topological polar surface area (TPSA) is 58.9 Å². The third-order valence-electron chi connectivity index (χ3n) is 3.64. The fourth-order valence-corrected chi connectivity index (χ4v) is 2.30. The number of carboxylic acids is 1. The fourth-order valence-electron chi connectivity index (χ4n) is 2.30. The first-order valence-electron chi connectivity index (χ1n) is 6.73. The van der Waals surface area contributed by atoms with Gasteiger partial charge in [-0.15, -0.1) is 0 Å². The van der Waals surface area contributed by atoms with Crippen LogP contribution in [0.1, 0.15) is 18.9 Å². The molecular formula is C17H15NO3. The van der Waals surface area contributed by atoms with Crippen LogP contribution >= 0.6 is 0 Å². The molecule has 0 saturated carbocycles. The Labute approximate surface area is 122 Å². The molecule has 1 aliphatic heterocycles. The van der Waals surface area contributed by atoms with Gasteiger partial charge in [0.2, 0.25) is 5.60 Å². The van der Waals surface area contributed by atoms with Gasteiger partial charge in [-0.2, -0.15) is 0 Å². The summed E-state index contributed by atoms with van der Waals surface area (Å²) in [5.74, 6) is -0.998. The van der Waals surface area contributed by atoms with Crippen molar-refractivity contribution in [1.29, 1.82) is 0 Å². The Kier molecular flexibility index (Phi) is 3.22. The molecule has 1 aliphatic rings. The van der Waals surface area contributed by atoms with Gasteiger partial charge in [-0.1, -0.05) is 59.8 Å². The molecule has 4 heteroatoms. The fraction of sp³-hybridized carbons (Fsp3) is 0.176. The van der Waals surface area contributed by atoms with E-state index in [1.165, 1.54) is 6.92 Å². The van der Waals surface area contributed by atoms with Gasteiger partial charge in [-0.05, 0) is 23.6 Å². The number of hydrogen-bond donors (Lipinski definition) is 1. The third kappa shape index (κ3) is 2.52. The average molecular weight is 281 g/mol. The molecule has 0 aliphatic carbocycles. The van der Waals surface area contributed by atoms with Crippen LogP contribution in [0.5, 0.6) is 0 Å². The summed E-state index contributed by atoms with van der Waals surface area (Å²) >= 11 is 0. The minimum absolute atomic E-state index is 0.271. The Balaban J connectivity index is 1.82. The lowest BCUT2D eigenvalue weighted by molar-refractivity contribution is -0.160. The lowest BCUT2D eigenvalue weighted by Gasteiger charge is -2.14. The molecule has 0 bridgehead atoms. The van der Waals surface area contributed by atoms with E-state index in [9.17, 15) is 4.79 Å². The number of rotatable bonds is 3. The van der Waals surface area contributed by atoms with Crippen LogP contribution in [-0.4, -0.2) is 22.4 Å². The van der Waals surface area contributed by atoms with E-state index in [2.05, 4.69) is 5.16 Å². The first-order valence-corrected chi connectivity index (χ1v) is 6.73. The lowest BCUT2D eigenvalue weighted by atomic mass is 9.95. The number of hydrogen-bond acceptors (Lipinski definition) is 3. The van der Waals surface area contributed by atoms with Crippen molar-refractivity contribution in [2.45, 2.75) is 18.9 Å². The third-order valence-corrected chi connectivity index (χ3v) is 3.64. The molecule has 0 aromatic heterocycles. The molecule has 0 spiro atoms. The van der Waals surface area contributed by atoms with Crippen LogP contribution in [0, 0.1) is 0 Å². The Bertz CT molecular complexity index is 692. The maximum absolute atomic E-state index is 11.1. The van der Waals surface area contributed by atoms with Crippen LogP contribution in [0.3, 0.4) is 0 Å². The molecule has 3 rings (SSSR count). The minimum atomic E-state index is -1.26. The molecule has 0 fully saturated rings. The Morgan fingerprint density at radius 2 is 1.62 bits per heavy atom. The minimum Gasteiger partial charge on any atom is -0.478 e. The van der Waals surface area contributed by atoms with Gasteiger partial charge in [-0.25, -0.2) is 4.79 Å². The Morgan fingerprint density at radius 1 is 1.05 bits per heavy atom. The summed E-state index contributed by atoms with van der Waals surface area (Å²) in [7, 11) is 0. The number of oxime groups is 1. The van der Waals surface area contributed by atoms with E-state index in [0.29, 0.717) is 5.71 Å². The first kappa shape index (κ1) is 13.4. The molecule has 0 radical (unpaired) electrons. The van der Waals surface area contributed by atoms with Gasteiger partial charge in [0.25, 0.3) is 0 Å². The predicted molar refractivity (Wildman–Crippen MR) is 80.2 cm³/mol. The number of nitrogens with zero attached hydrogens (tertiary/aromatic N) is 1. The summed E-state index contributed by atoms with van der Waals surface area (Å²) in [6.45, 7) is 1.53. The van der Waals surface area contributed by atoms with Gasteiger partial charge in [0.05, 0.1) is 5.71 Å². The number of benzene rings is 2. The highest BCUT2D eigenvalue weighted by atomic mass is 16.7. The average Bonchev–Trinajstić information content (AvgIpc) is 2.92. The van der Waals surface area contributed by atoms with Crippen molar-refractivity contribution in [3.05, 3.63) is 60.2 Å². The molecule has 1 heterocycles. The summed E-state index contributed by atoms with van der Waals surface area (Å²) in [5.41, 5.74) is 2.55. The predicted octanol–water partition coefficient (Wildman–Crippen LogP) is 3.32. The number of aliphatic carboxylic acids is 1. The van der Waals surface area contributed by atoms with E-state index < -0.39 is 11.6 Å². The number of carbonyl (C=O) groups is 1. The molecule has 2 aromatic carbocycles. The van der Waals surface area contributed by atoms with Gasteiger partial charge in [0, 0.05) is 6.42 Å². The summed E-state index contributed by atoms with van der Waals surface area (Å²) in [4.78, 5) is 16.2. The number of carboxylic acid groups (broad SMARTS) is 1. The van der Waals surface area contributed by atoms with Crippen molar-refractivity contribution in [1.82, 2.24) is 0 Å². The SMILES string of the molecule is CC1(C(=O)O)CC(c2ccc(-c3ccccc3)cc2)=NO1.